The second kappa shape index (κ2) is 18.6. The van der Waals surface area contributed by atoms with Crippen LogP contribution < -0.4 is 9.47 Å². The Kier molecular flexibility index (Phi) is 14.9. The second-order valence-electron chi connectivity index (χ2n) is 8.60. The molecule has 3 rings (SSSR count). The highest BCUT2D eigenvalue weighted by Gasteiger charge is 2.17. The van der Waals surface area contributed by atoms with Crippen LogP contribution in [0.1, 0.15) is 0 Å². The highest BCUT2D eigenvalue weighted by molar-refractivity contribution is 8.00. The molecular weight excluding hydrogens is 609 g/mol. The van der Waals surface area contributed by atoms with Crippen LogP contribution in [0.2, 0.25) is 0 Å². The second-order valence-corrected chi connectivity index (χ2v) is 12.5. The summed E-state index contributed by atoms with van der Waals surface area (Å²) < 4.78 is 23.0. The zero-order valence-electron chi connectivity index (χ0n) is 23.6. The van der Waals surface area contributed by atoms with E-state index in [9.17, 15) is 9.59 Å². The summed E-state index contributed by atoms with van der Waals surface area (Å²) >= 11 is 6.54. The third-order valence-corrected chi connectivity index (χ3v) is 9.34. The lowest BCUT2D eigenvalue weighted by Crippen LogP contribution is -2.27. The van der Waals surface area contributed by atoms with Crippen LogP contribution in [0.25, 0.3) is 0 Å². The van der Waals surface area contributed by atoms with Crippen molar-refractivity contribution in [2.45, 2.75) is 31.8 Å². The summed E-state index contributed by atoms with van der Waals surface area (Å²) in [5.41, 5.74) is 0. The maximum atomic E-state index is 11.9. The monoisotopic (exact) mass is 642 g/mol. The van der Waals surface area contributed by atoms with Crippen molar-refractivity contribution in [3.05, 3.63) is 98.1 Å². The van der Waals surface area contributed by atoms with Gasteiger partial charge < -0.3 is 18.9 Å². The zero-order chi connectivity index (χ0) is 30.2. The number of carbonyl (C=O) groups excluding carboxylic acids is 2. The van der Waals surface area contributed by atoms with Gasteiger partial charge in [-0.2, -0.15) is 0 Å². The Morgan fingerprint density at radius 2 is 1.05 bits per heavy atom. The van der Waals surface area contributed by atoms with E-state index in [4.69, 9.17) is 18.9 Å². The number of thioether (sulfide) groups is 4. The first kappa shape index (κ1) is 33.6. The summed E-state index contributed by atoms with van der Waals surface area (Å²) in [5.74, 6) is 1.15. The van der Waals surface area contributed by atoms with Crippen LogP contribution in [-0.4, -0.2) is 61.4 Å². The van der Waals surface area contributed by atoms with Crippen molar-refractivity contribution >= 4 is 59.0 Å². The van der Waals surface area contributed by atoms with Crippen LogP contribution in [-0.2, 0) is 19.1 Å². The van der Waals surface area contributed by atoms with E-state index in [1.54, 1.807) is 65.2 Å². The van der Waals surface area contributed by atoms with E-state index in [2.05, 4.69) is 37.4 Å². The van der Waals surface area contributed by atoms with E-state index in [-0.39, 0.29) is 13.2 Å². The average Bonchev–Trinajstić information content (AvgIpc) is 3.04. The minimum atomic E-state index is -0.503. The Morgan fingerprint density at radius 3 is 1.40 bits per heavy atom. The van der Waals surface area contributed by atoms with Gasteiger partial charge in [0.15, 0.2) is 0 Å². The van der Waals surface area contributed by atoms with Crippen LogP contribution in [0.3, 0.4) is 0 Å². The molecule has 0 heterocycles. The minimum absolute atomic E-state index is 0.157. The van der Waals surface area contributed by atoms with Gasteiger partial charge in [-0.25, -0.2) is 9.59 Å². The summed E-state index contributed by atoms with van der Waals surface area (Å²) in [6, 6.07) is 23.6. The van der Waals surface area contributed by atoms with Crippen molar-refractivity contribution in [2.24, 2.45) is 0 Å². The molecule has 0 fully saturated rings. The molecule has 0 N–H and O–H groups in total. The van der Waals surface area contributed by atoms with Crippen LogP contribution in [0.4, 0.5) is 0 Å². The first-order valence-corrected chi connectivity index (χ1v) is 17.4. The summed E-state index contributed by atoms with van der Waals surface area (Å²) in [4.78, 5) is 28.4. The third-order valence-electron chi connectivity index (χ3n) is 5.57. The van der Waals surface area contributed by atoms with Crippen LogP contribution in [0.5, 0.6) is 11.5 Å². The van der Waals surface area contributed by atoms with Crippen molar-refractivity contribution in [3.8, 4) is 11.5 Å². The average molecular weight is 643 g/mol. The number of hydrogen-bond donors (Lipinski definition) is 0. The van der Waals surface area contributed by atoms with Gasteiger partial charge >= 0.3 is 11.9 Å². The lowest BCUT2D eigenvalue weighted by atomic mass is 10.3. The first-order valence-electron chi connectivity index (χ1n) is 13.0. The number of benzene rings is 3. The number of hydrogen-bond acceptors (Lipinski definition) is 10. The predicted molar refractivity (Wildman–Crippen MR) is 175 cm³/mol. The fourth-order valence-corrected chi connectivity index (χ4v) is 5.97. The molecule has 0 radical (unpaired) electrons. The number of esters is 2. The molecule has 3 aromatic carbocycles. The lowest BCUT2D eigenvalue weighted by molar-refractivity contribution is -0.144. The fraction of sp³-hybridized carbons (Fsp3) is 0.250. The Hall–Kier alpha value is -2.92. The number of rotatable bonds is 18. The Balaban J connectivity index is 1.56. The molecule has 3 aromatic rings. The minimum Gasteiger partial charge on any atom is -0.490 e. The summed E-state index contributed by atoms with van der Waals surface area (Å²) in [7, 11) is 0. The van der Waals surface area contributed by atoms with Gasteiger partial charge in [0.05, 0.1) is 0 Å². The summed E-state index contributed by atoms with van der Waals surface area (Å²) in [6.07, 6.45) is 5.38. The van der Waals surface area contributed by atoms with E-state index in [1.807, 2.05) is 42.8 Å². The molecule has 0 spiro atoms. The molecule has 0 aliphatic carbocycles. The van der Waals surface area contributed by atoms with Crippen molar-refractivity contribution in [2.75, 3.05) is 37.2 Å². The molecule has 0 aliphatic heterocycles. The lowest BCUT2D eigenvalue weighted by Gasteiger charge is -2.19. The molecule has 0 aromatic heterocycles. The standard InChI is InChI=1S/C32H34O6S4/c1-5-31(33)37-25(21-41-29-14-10-27(39-3)11-15-29)19-35-23-8-7-9-24(18-23)36-20-26(38-32(34)6-2)22-42-30-16-12-28(40-4)13-17-30/h5-18,25-26H,1-2,19-22H2,3-4H3. The molecule has 0 saturated carbocycles. The summed E-state index contributed by atoms with van der Waals surface area (Å²) in [6.45, 7) is 7.31. The molecule has 222 valence electrons. The maximum Gasteiger partial charge on any atom is 0.330 e. The third kappa shape index (κ3) is 12.1. The molecule has 42 heavy (non-hydrogen) atoms. The van der Waals surface area contributed by atoms with Crippen molar-refractivity contribution in [1.29, 1.82) is 0 Å². The van der Waals surface area contributed by atoms with Gasteiger partial charge in [0.2, 0.25) is 0 Å². The van der Waals surface area contributed by atoms with Gasteiger partial charge in [-0.1, -0.05) is 19.2 Å². The van der Waals surface area contributed by atoms with Crippen LogP contribution in [0, 0.1) is 0 Å². The van der Waals surface area contributed by atoms with E-state index in [0.717, 1.165) is 21.9 Å². The fourth-order valence-electron chi connectivity index (χ4n) is 3.41. The quantitative estimate of drug-likeness (QED) is 0.0784. The van der Waals surface area contributed by atoms with E-state index in [1.165, 1.54) is 9.79 Å². The van der Waals surface area contributed by atoms with Crippen molar-refractivity contribution in [1.82, 2.24) is 0 Å². The Labute approximate surface area is 265 Å². The van der Waals surface area contributed by atoms with Gasteiger partial charge in [0.1, 0.15) is 36.9 Å². The number of carbonyl (C=O) groups is 2. The van der Waals surface area contributed by atoms with Gasteiger partial charge in [0, 0.05) is 49.3 Å². The highest BCUT2D eigenvalue weighted by Crippen LogP contribution is 2.26. The van der Waals surface area contributed by atoms with Crippen molar-refractivity contribution < 1.29 is 28.5 Å². The smallest absolute Gasteiger partial charge is 0.330 e. The molecule has 2 atom stereocenters. The molecule has 10 heteroatoms. The van der Waals surface area contributed by atoms with Gasteiger partial charge in [-0.05, 0) is 73.2 Å². The normalized spacial score (nSPS) is 12.0. The Bertz CT molecular complexity index is 1200. The number of ether oxygens (including phenoxy) is 4. The van der Waals surface area contributed by atoms with Gasteiger partial charge in [-0.3, -0.25) is 0 Å². The molecule has 6 nitrogen and oxygen atoms in total. The molecule has 0 amide bonds. The van der Waals surface area contributed by atoms with Crippen LogP contribution in [0.15, 0.2) is 118 Å². The van der Waals surface area contributed by atoms with Crippen molar-refractivity contribution in [3.63, 3.8) is 0 Å². The van der Waals surface area contributed by atoms with Crippen LogP contribution >= 0.6 is 47.0 Å². The SMILES string of the molecule is C=CC(=O)OC(COc1cccc(OCC(CSc2ccc(SC)cc2)OC(=O)C=C)c1)CSc1ccc(SC)cc1. The molecular formula is C32H34O6S4. The van der Waals surface area contributed by atoms with Gasteiger partial charge in [-0.15, -0.1) is 47.0 Å². The van der Waals surface area contributed by atoms with Gasteiger partial charge in [0.25, 0.3) is 0 Å². The summed E-state index contributed by atoms with van der Waals surface area (Å²) in [5, 5.41) is 0. The first-order chi connectivity index (χ1) is 20.4. The van der Waals surface area contributed by atoms with E-state index in [0.29, 0.717) is 23.0 Å². The molecule has 0 bridgehead atoms. The topological polar surface area (TPSA) is 71.1 Å². The van der Waals surface area contributed by atoms with E-state index >= 15 is 0 Å². The maximum absolute atomic E-state index is 11.9. The highest BCUT2D eigenvalue weighted by atomic mass is 32.2. The predicted octanol–water partition coefficient (Wildman–Crippen LogP) is 7.67. The van der Waals surface area contributed by atoms with E-state index < -0.39 is 24.1 Å². The molecule has 2 unspecified atom stereocenters. The molecule has 0 saturated heterocycles. The zero-order valence-corrected chi connectivity index (χ0v) is 26.8. The Morgan fingerprint density at radius 1 is 0.667 bits per heavy atom. The molecule has 0 aliphatic rings. The largest absolute Gasteiger partial charge is 0.490 e.